The summed E-state index contributed by atoms with van der Waals surface area (Å²) in [5.41, 5.74) is 1.14. The molecule has 4 heteroatoms. The second-order valence-electron chi connectivity index (χ2n) is 4.99. The smallest absolute Gasteiger partial charge is 0.151 e. The Morgan fingerprint density at radius 3 is 2.57 bits per heavy atom. The highest BCUT2D eigenvalue weighted by Gasteiger charge is 2.28. The molecule has 0 saturated carbocycles. The van der Waals surface area contributed by atoms with E-state index in [-0.39, 0.29) is 12.2 Å². The molecule has 21 heavy (non-hydrogen) atoms. The molecule has 1 aliphatic heterocycles. The molecule has 2 aromatic rings. The van der Waals surface area contributed by atoms with Gasteiger partial charge in [0.25, 0.3) is 0 Å². The van der Waals surface area contributed by atoms with Crippen LogP contribution in [0.25, 0.3) is 0 Å². The third-order valence-corrected chi connectivity index (χ3v) is 4.40. The summed E-state index contributed by atoms with van der Waals surface area (Å²) in [5.74, 6) is 0.904. The van der Waals surface area contributed by atoms with Crippen molar-refractivity contribution in [3.8, 4) is 5.75 Å². The van der Waals surface area contributed by atoms with Crippen molar-refractivity contribution in [2.24, 2.45) is 0 Å². The molecule has 3 rings (SSSR count). The zero-order valence-electron chi connectivity index (χ0n) is 11.7. The molecule has 1 N–H and O–H groups in total. The first-order valence-corrected chi connectivity index (χ1v) is 8.21. The minimum atomic E-state index is -0.102. The number of hydrogen-bond donors (Lipinski definition) is 1. The Morgan fingerprint density at radius 1 is 1.10 bits per heavy atom. The number of rotatable bonds is 4. The topological polar surface area (TPSA) is 30.5 Å². The highest BCUT2D eigenvalue weighted by Crippen LogP contribution is 2.30. The van der Waals surface area contributed by atoms with E-state index in [1.165, 1.54) is 0 Å². The number of para-hydroxylation sites is 1. The Labute approximate surface area is 138 Å². The molecular formula is C17H18INO2. The SMILES string of the molecule is [124I]c1ccccc1O[C@H](c1ccccc1)[C@@H]1CNCCO1. The quantitative estimate of drug-likeness (QED) is 0.810. The van der Waals surface area contributed by atoms with Crippen LogP contribution < -0.4 is 10.1 Å². The van der Waals surface area contributed by atoms with Gasteiger partial charge in [0.15, 0.2) is 6.10 Å². The molecule has 3 nitrogen and oxygen atoms in total. The van der Waals surface area contributed by atoms with Gasteiger partial charge in [-0.1, -0.05) is 42.5 Å². The summed E-state index contributed by atoms with van der Waals surface area (Å²) in [7, 11) is 0. The molecule has 0 amide bonds. The van der Waals surface area contributed by atoms with E-state index in [1.807, 2.05) is 36.4 Å². The molecule has 1 saturated heterocycles. The largest absolute Gasteiger partial charge is 0.482 e. The van der Waals surface area contributed by atoms with E-state index in [4.69, 9.17) is 9.47 Å². The summed E-state index contributed by atoms with van der Waals surface area (Å²) in [6.45, 7) is 2.44. The van der Waals surface area contributed by atoms with Crippen LogP contribution in [-0.4, -0.2) is 25.8 Å². The molecular weight excluding hydrogens is 374 g/mol. The second-order valence-corrected chi connectivity index (χ2v) is 6.16. The number of benzene rings is 2. The number of morpholine rings is 1. The van der Waals surface area contributed by atoms with E-state index in [2.05, 4.69) is 46.1 Å². The van der Waals surface area contributed by atoms with Crippen LogP contribution in [0.3, 0.4) is 0 Å². The third-order valence-electron chi connectivity index (χ3n) is 3.51. The maximum absolute atomic E-state index is 6.30. The van der Waals surface area contributed by atoms with Gasteiger partial charge in [-0.15, -0.1) is 0 Å². The standard InChI is InChI=1S/C17H18INO2/c18-14-8-4-5-9-15(14)21-17(13-6-2-1-3-7-13)16-12-19-10-11-20-16/h1-9,16-17,19H,10-12H2/t16-,17+/m0/s1/i18-3. The van der Waals surface area contributed by atoms with Crippen molar-refractivity contribution in [2.75, 3.05) is 19.7 Å². The van der Waals surface area contributed by atoms with Crippen LogP contribution >= 0.6 is 22.6 Å². The zero-order valence-corrected chi connectivity index (χ0v) is 13.8. The van der Waals surface area contributed by atoms with E-state index in [0.29, 0.717) is 0 Å². The summed E-state index contributed by atoms with van der Waals surface area (Å²) >= 11 is 2.30. The summed E-state index contributed by atoms with van der Waals surface area (Å²) in [5, 5.41) is 3.38. The molecule has 1 aliphatic rings. The van der Waals surface area contributed by atoms with Crippen LogP contribution in [0, 0.1) is 3.57 Å². The van der Waals surface area contributed by atoms with Gasteiger partial charge in [-0.05, 0) is 40.3 Å². The van der Waals surface area contributed by atoms with Crippen LogP contribution in [0.15, 0.2) is 54.6 Å². The van der Waals surface area contributed by atoms with Crippen molar-refractivity contribution in [1.29, 1.82) is 0 Å². The number of nitrogens with one attached hydrogen (secondary N) is 1. The van der Waals surface area contributed by atoms with Crippen LogP contribution in [0.1, 0.15) is 11.7 Å². The fourth-order valence-corrected chi connectivity index (χ4v) is 2.97. The fraction of sp³-hybridized carbons (Fsp3) is 0.294. The second kappa shape index (κ2) is 7.24. The van der Waals surface area contributed by atoms with Crippen molar-refractivity contribution < 1.29 is 9.47 Å². The minimum Gasteiger partial charge on any atom is -0.482 e. The van der Waals surface area contributed by atoms with Gasteiger partial charge in [0.1, 0.15) is 11.9 Å². The van der Waals surface area contributed by atoms with E-state index >= 15 is 0 Å². The van der Waals surface area contributed by atoms with E-state index in [0.717, 1.165) is 34.6 Å². The lowest BCUT2D eigenvalue weighted by molar-refractivity contribution is -0.0435. The van der Waals surface area contributed by atoms with Crippen molar-refractivity contribution in [1.82, 2.24) is 5.32 Å². The van der Waals surface area contributed by atoms with Gasteiger partial charge in [0.2, 0.25) is 0 Å². The van der Waals surface area contributed by atoms with Crippen LogP contribution in [0.5, 0.6) is 5.75 Å². The van der Waals surface area contributed by atoms with Gasteiger partial charge in [0.05, 0.1) is 10.2 Å². The number of halogens is 1. The highest BCUT2D eigenvalue weighted by molar-refractivity contribution is 14.1. The Kier molecular flexibility index (Phi) is 5.11. The van der Waals surface area contributed by atoms with Crippen molar-refractivity contribution >= 4 is 22.6 Å². The molecule has 0 bridgehead atoms. The Balaban J connectivity index is 1.87. The van der Waals surface area contributed by atoms with Crippen molar-refractivity contribution in [3.05, 3.63) is 63.7 Å². The van der Waals surface area contributed by atoms with Gasteiger partial charge in [-0.3, -0.25) is 0 Å². The molecule has 0 unspecified atom stereocenters. The lowest BCUT2D eigenvalue weighted by Gasteiger charge is -2.31. The minimum absolute atomic E-state index is 0.0251. The first-order chi connectivity index (χ1) is 10.3. The maximum Gasteiger partial charge on any atom is 0.151 e. The normalized spacial score (nSPS) is 20.0. The summed E-state index contributed by atoms with van der Waals surface area (Å²) < 4.78 is 13.3. The average molecular weight is 392 g/mol. The summed E-state index contributed by atoms with van der Waals surface area (Å²) in [6.07, 6.45) is -0.0768. The predicted molar refractivity (Wildman–Crippen MR) is 91.6 cm³/mol. The predicted octanol–water partition coefficient (Wildman–Crippen LogP) is 3.40. The van der Waals surface area contributed by atoms with E-state index < -0.39 is 0 Å². The maximum atomic E-state index is 6.30. The first-order valence-electron chi connectivity index (χ1n) is 7.13. The number of ether oxygens (including phenoxy) is 2. The number of hydrogen-bond acceptors (Lipinski definition) is 3. The average Bonchev–Trinajstić information content (AvgIpc) is 2.56. The van der Waals surface area contributed by atoms with Crippen LogP contribution in [0.4, 0.5) is 0 Å². The van der Waals surface area contributed by atoms with E-state index in [1.54, 1.807) is 0 Å². The molecule has 2 aromatic carbocycles. The molecule has 0 aliphatic carbocycles. The lowest BCUT2D eigenvalue weighted by Crippen LogP contribution is -2.43. The fourth-order valence-electron chi connectivity index (χ4n) is 2.46. The lowest BCUT2D eigenvalue weighted by atomic mass is 10.0. The van der Waals surface area contributed by atoms with E-state index in [9.17, 15) is 0 Å². The Morgan fingerprint density at radius 2 is 1.86 bits per heavy atom. The van der Waals surface area contributed by atoms with Crippen molar-refractivity contribution in [3.63, 3.8) is 0 Å². The van der Waals surface area contributed by atoms with Crippen LogP contribution in [-0.2, 0) is 4.74 Å². The Hall–Kier alpha value is -1.11. The molecule has 1 fully saturated rings. The molecule has 0 radical (unpaired) electrons. The molecule has 2 atom stereocenters. The monoisotopic (exact) mass is 392 g/mol. The molecule has 110 valence electrons. The first kappa shape index (κ1) is 14.8. The molecule has 0 spiro atoms. The summed E-state index contributed by atoms with van der Waals surface area (Å²) in [6, 6.07) is 18.4. The molecule has 1 heterocycles. The van der Waals surface area contributed by atoms with Crippen LogP contribution in [0.2, 0.25) is 0 Å². The van der Waals surface area contributed by atoms with Gasteiger partial charge in [-0.2, -0.15) is 0 Å². The summed E-state index contributed by atoms with van der Waals surface area (Å²) in [4.78, 5) is 0. The Bertz CT molecular complexity index is 570. The van der Waals surface area contributed by atoms with Crippen molar-refractivity contribution in [2.45, 2.75) is 12.2 Å². The molecule has 0 aromatic heterocycles. The van der Waals surface area contributed by atoms with Gasteiger partial charge >= 0.3 is 0 Å². The van der Waals surface area contributed by atoms with Gasteiger partial charge in [0, 0.05) is 13.1 Å². The third kappa shape index (κ3) is 3.75. The van der Waals surface area contributed by atoms with Gasteiger partial charge < -0.3 is 14.8 Å². The van der Waals surface area contributed by atoms with Gasteiger partial charge in [-0.25, -0.2) is 0 Å². The zero-order chi connectivity index (χ0) is 14.5. The highest BCUT2D eigenvalue weighted by atomic mass is 124.